The number of nitrogens with zero attached hydrogens (tertiary/aromatic N) is 3. The molecule has 98 valence electrons. The van der Waals surface area contributed by atoms with Gasteiger partial charge in [-0.1, -0.05) is 13.8 Å². The molecule has 0 amide bonds. The third-order valence-electron chi connectivity index (χ3n) is 2.68. The summed E-state index contributed by atoms with van der Waals surface area (Å²) < 4.78 is 7.42. The van der Waals surface area contributed by atoms with Crippen LogP contribution in [0.15, 0.2) is 6.33 Å². The van der Waals surface area contributed by atoms with E-state index >= 15 is 0 Å². The molecule has 1 aromatic rings. The van der Waals surface area contributed by atoms with Gasteiger partial charge in [0.15, 0.2) is 0 Å². The van der Waals surface area contributed by atoms with E-state index in [1.807, 2.05) is 18.5 Å². The Hall–Kier alpha value is -0.940. The second-order valence-electron chi connectivity index (χ2n) is 4.78. The Morgan fingerprint density at radius 3 is 2.71 bits per heavy atom. The number of rotatable bonds is 7. The van der Waals surface area contributed by atoms with Crippen molar-refractivity contribution < 1.29 is 4.74 Å². The van der Waals surface area contributed by atoms with Gasteiger partial charge in [-0.3, -0.25) is 0 Å². The van der Waals surface area contributed by atoms with Crippen LogP contribution in [-0.2, 0) is 17.7 Å². The van der Waals surface area contributed by atoms with E-state index in [-0.39, 0.29) is 12.1 Å². The third kappa shape index (κ3) is 4.44. The molecule has 2 N–H and O–H groups in total. The first-order valence-electron chi connectivity index (χ1n) is 6.28. The van der Waals surface area contributed by atoms with Crippen molar-refractivity contribution in [2.45, 2.75) is 52.8 Å². The smallest absolute Gasteiger partial charge is 0.138 e. The van der Waals surface area contributed by atoms with Crippen molar-refractivity contribution >= 4 is 0 Å². The summed E-state index contributed by atoms with van der Waals surface area (Å²) in [4.78, 5) is 4.27. The molecule has 1 aromatic heterocycles. The van der Waals surface area contributed by atoms with Crippen molar-refractivity contribution in [3.05, 3.63) is 12.2 Å². The topological polar surface area (TPSA) is 66.0 Å². The number of ether oxygens (including phenoxy) is 1. The molecule has 0 aliphatic heterocycles. The predicted molar refractivity (Wildman–Crippen MR) is 67.6 cm³/mol. The number of hydrogen-bond donors (Lipinski definition) is 1. The van der Waals surface area contributed by atoms with Crippen LogP contribution in [0.4, 0.5) is 0 Å². The fourth-order valence-corrected chi connectivity index (χ4v) is 1.71. The lowest BCUT2D eigenvalue weighted by atomic mass is 10.1. The highest BCUT2D eigenvalue weighted by molar-refractivity contribution is 4.91. The van der Waals surface area contributed by atoms with Gasteiger partial charge in [0.1, 0.15) is 12.2 Å². The summed E-state index contributed by atoms with van der Waals surface area (Å²) in [5.74, 6) is 1.49. The van der Waals surface area contributed by atoms with Crippen LogP contribution in [0.1, 0.15) is 33.5 Å². The Morgan fingerprint density at radius 2 is 2.12 bits per heavy atom. The van der Waals surface area contributed by atoms with Crippen molar-refractivity contribution in [3.63, 3.8) is 0 Å². The van der Waals surface area contributed by atoms with Crippen LogP contribution in [-0.4, -0.2) is 33.5 Å². The van der Waals surface area contributed by atoms with Crippen molar-refractivity contribution in [1.82, 2.24) is 14.8 Å². The Morgan fingerprint density at radius 1 is 1.41 bits per heavy atom. The number of hydrogen-bond acceptors (Lipinski definition) is 4. The highest BCUT2D eigenvalue weighted by Gasteiger charge is 2.16. The van der Waals surface area contributed by atoms with Crippen LogP contribution in [0.5, 0.6) is 0 Å². The first-order chi connectivity index (χ1) is 8.04. The minimum atomic E-state index is -0.0370. The molecule has 5 nitrogen and oxygen atoms in total. The van der Waals surface area contributed by atoms with Gasteiger partial charge in [-0.2, -0.15) is 5.10 Å². The molecule has 17 heavy (non-hydrogen) atoms. The Bertz CT molecular complexity index is 324. The standard InChI is InChI=1S/C12H24N4O/c1-5-17-10(4)11(13)6-12-14-8-15-16(12)7-9(2)3/h8-11H,5-7,13H2,1-4H3. The van der Waals surface area contributed by atoms with Gasteiger partial charge in [0.05, 0.1) is 6.10 Å². The Kier molecular flexibility index (Phi) is 5.58. The average molecular weight is 240 g/mol. The quantitative estimate of drug-likeness (QED) is 0.778. The molecule has 0 bridgehead atoms. The average Bonchev–Trinajstić information content (AvgIpc) is 2.65. The lowest BCUT2D eigenvalue weighted by Crippen LogP contribution is -2.37. The third-order valence-corrected chi connectivity index (χ3v) is 2.68. The molecule has 0 spiro atoms. The SMILES string of the molecule is CCOC(C)C(N)Cc1ncnn1CC(C)C. The Balaban J connectivity index is 2.58. The maximum atomic E-state index is 6.09. The van der Waals surface area contributed by atoms with Crippen LogP contribution < -0.4 is 5.73 Å². The first-order valence-corrected chi connectivity index (χ1v) is 6.28. The van der Waals surface area contributed by atoms with E-state index in [1.54, 1.807) is 6.33 Å². The number of aromatic nitrogens is 3. The van der Waals surface area contributed by atoms with E-state index in [0.717, 1.165) is 12.4 Å². The molecule has 0 aromatic carbocycles. The molecule has 0 saturated carbocycles. The molecule has 2 unspecified atom stereocenters. The van der Waals surface area contributed by atoms with E-state index in [4.69, 9.17) is 10.5 Å². The van der Waals surface area contributed by atoms with E-state index in [0.29, 0.717) is 18.9 Å². The van der Waals surface area contributed by atoms with E-state index in [1.165, 1.54) is 0 Å². The summed E-state index contributed by atoms with van der Waals surface area (Å²) >= 11 is 0. The molecule has 0 saturated heterocycles. The van der Waals surface area contributed by atoms with Crippen LogP contribution >= 0.6 is 0 Å². The Labute approximate surface area is 103 Å². The van der Waals surface area contributed by atoms with Crippen LogP contribution in [0.3, 0.4) is 0 Å². The summed E-state index contributed by atoms with van der Waals surface area (Å²) in [5, 5.41) is 4.22. The molecule has 0 radical (unpaired) electrons. The summed E-state index contributed by atoms with van der Waals surface area (Å²) in [5.41, 5.74) is 6.09. The molecular formula is C12H24N4O. The second kappa shape index (κ2) is 6.71. The van der Waals surface area contributed by atoms with E-state index in [2.05, 4.69) is 23.9 Å². The van der Waals surface area contributed by atoms with Gasteiger partial charge in [-0.05, 0) is 19.8 Å². The monoisotopic (exact) mass is 240 g/mol. The minimum absolute atomic E-state index is 0.0370. The highest BCUT2D eigenvalue weighted by Crippen LogP contribution is 2.06. The molecule has 1 rings (SSSR count). The van der Waals surface area contributed by atoms with Crippen molar-refractivity contribution in [2.24, 2.45) is 11.7 Å². The van der Waals surface area contributed by atoms with Gasteiger partial charge in [-0.15, -0.1) is 0 Å². The summed E-state index contributed by atoms with van der Waals surface area (Å²) in [7, 11) is 0. The maximum absolute atomic E-state index is 6.09. The molecule has 2 atom stereocenters. The largest absolute Gasteiger partial charge is 0.377 e. The predicted octanol–water partition coefficient (Wildman–Crippen LogP) is 1.23. The maximum Gasteiger partial charge on any atom is 0.138 e. The molecule has 0 aliphatic carbocycles. The van der Waals surface area contributed by atoms with Crippen LogP contribution in [0.25, 0.3) is 0 Å². The van der Waals surface area contributed by atoms with E-state index in [9.17, 15) is 0 Å². The molecular weight excluding hydrogens is 216 g/mol. The number of nitrogens with two attached hydrogens (primary N) is 1. The van der Waals surface area contributed by atoms with Crippen molar-refractivity contribution in [2.75, 3.05) is 6.61 Å². The minimum Gasteiger partial charge on any atom is -0.377 e. The summed E-state index contributed by atoms with van der Waals surface area (Å²) in [6.45, 7) is 9.86. The molecule has 1 heterocycles. The van der Waals surface area contributed by atoms with Crippen molar-refractivity contribution in [1.29, 1.82) is 0 Å². The van der Waals surface area contributed by atoms with Gasteiger partial charge in [0, 0.05) is 25.6 Å². The van der Waals surface area contributed by atoms with Crippen molar-refractivity contribution in [3.8, 4) is 0 Å². The van der Waals surface area contributed by atoms with Gasteiger partial charge in [0.2, 0.25) is 0 Å². The normalized spacial score (nSPS) is 15.2. The lowest BCUT2D eigenvalue weighted by molar-refractivity contribution is 0.0569. The van der Waals surface area contributed by atoms with Gasteiger partial charge in [-0.25, -0.2) is 9.67 Å². The molecule has 5 heteroatoms. The summed E-state index contributed by atoms with van der Waals surface area (Å²) in [6, 6.07) is -0.0370. The second-order valence-corrected chi connectivity index (χ2v) is 4.78. The fraction of sp³-hybridized carbons (Fsp3) is 0.833. The zero-order valence-electron chi connectivity index (χ0n) is 11.3. The first kappa shape index (κ1) is 14.1. The molecule has 0 aliphatic rings. The zero-order valence-corrected chi connectivity index (χ0v) is 11.3. The lowest BCUT2D eigenvalue weighted by Gasteiger charge is -2.19. The van der Waals surface area contributed by atoms with Gasteiger partial charge < -0.3 is 10.5 Å². The fourth-order valence-electron chi connectivity index (χ4n) is 1.71. The van der Waals surface area contributed by atoms with Gasteiger partial charge in [0.25, 0.3) is 0 Å². The van der Waals surface area contributed by atoms with Gasteiger partial charge >= 0.3 is 0 Å². The van der Waals surface area contributed by atoms with E-state index < -0.39 is 0 Å². The zero-order chi connectivity index (χ0) is 12.8. The highest BCUT2D eigenvalue weighted by atomic mass is 16.5. The summed E-state index contributed by atoms with van der Waals surface area (Å²) in [6.07, 6.45) is 2.34. The van der Waals surface area contributed by atoms with Crippen LogP contribution in [0, 0.1) is 5.92 Å². The van der Waals surface area contributed by atoms with Crippen LogP contribution in [0.2, 0.25) is 0 Å². The molecule has 0 fully saturated rings.